The van der Waals surface area contributed by atoms with Crippen LogP contribution < -0.4 is 20.5 Å². The third kappa shape index (κ3) is 7.03. The van der Waals surface area contributed by atoms with Crippen LogP contribution in [0, 0.1) is 11.8 Å². The van der Waals surface area contributed by atoms with E-state index in [0.29, 0.717) is 22.6 Å². The summed E-state index contributed by atoms with van der Waals surface area (Å²) in [6.07, 6.45) is 1.13. The molecule has 0 radical (unpaired) electrons. The molecule has 0 amide bonds. The first-order valence-electron chi connectivity index (χ1n) is 11.9. The first-order valence-corrected chi connectivity index (χ1v) is 13.1. The van der Waals surface area contributed by atoms with Crippen molar-refractivity contribution >= 4 is 33.6 Å². The molecule has 3 aromatic rings. The van der Waals surface area contributed by atoms with Gasteiger partial charge in [0.05, 0.1) is 34.8 Å². The summed E-state index contributed by atoms with van der Waals surface area (Å²) in [7, 11) is 0. The summed E-state index contributed by atoms with van der Waals surface area (Å²) in [4.78, 5) is 0.259. The van der Waals surface area contributed by atoms with Crippen LogP contribution in [0.25, 0.3) is 10.9 Å². The molecule has 1 aromatic heterocycles. The smallest absolute Gasteiger partial charge is 0.406 e. The lowest BCUT2D eigenvalue weighted by atomic mass is 9.95. The summed E-state index contributed by atoms with van der Waals surface area (Å²) in [5.74, 6) is 5.79. The van der Waals surface area contributed by atoms with E-state index >= 15 is 0 Å². The summed E-state index contributed by atoms with van der Waals surface area (Å²) in [6, 6.07) is 11.7. The number of hydrogen-bond donors (Lipinski definition) is 3. The average molecular weight is 537 g/mol. The molecule has 0 saturated heterocycles. The molecule has 4 N–H and O–H groups in total. The van der Waals surface area contributed by atoms with Crippen LogP contribution in [0.1, 0.15) is 37.8 Å². The molecule has 6 nitrogen and oxygen atoms in total. The fourth-order valence-electron chi connectivity index (χ4n) is 4.56. The van der Waals surface area contributed by atoms with Gasteiger partial charge in [-0.2, -0.15) is 13.2 Å². The molecule has 1 heterocycles. The molecule has 1 aliphatic rings. The molecule has 0 bridgehead atoms. The third-order valence-corrected chi connectivity index (χ3v) is 6.95. The predicted octanol–water partition coefficient (Wildman–Crippen LogP) is 5.70. The summed E-state index contributed by atoms with van der Waals surface area (Å²) in [6.45, 7) is -2.21. The van der Waals surface area contributed by atoms with Crippen molar-refractivity contribution in [2.24, 2.45) is 5.14 Å². The summed E-state index contributed by atoms with van der Waals surface area (Å²) in [5.41, 5.74) is 1.88. The number of nitrogens with one attached hydrogen (secondary N) is 2. The number of rotatable bonds is 8. The zero-order valence-electron chi connectivity index (χ0n) is 20.0. The van der Waals surface area contributed by atoms with E-state index in [9.17, 15) is 22.1 Å². The van der Waals surface area contributed by atoms with Crippen LogP contribution in [0.2, 0.25) is 0 Å². The number of anilines is 2. The van der Waals surface area contributed by atoms with Gasteiger partial charge >= 0.3 is 6.18 Å². The Bertz CT molecular complexity index is 1280. The minimum absolute atomic E-state index is 0.0500. The number of alkyl halides is 4. The van der Waals surface area contributed by atoms with Gasteiger partial charge in [0, 0.05) is 23.2 Å². The van der Waals surface area contributed by atoms with Crippen LogP contribution >= 0.6 is 0 Å². The molecule has 1 atom stereocenters. The zero-order chi connectivity index (χ0) is 26.4. The quantitative estimate of drug-likeness (QED) is 0.195. The van der Waals surface area contributed by atoms with E-state index in [4.69, 9.17) is 9.88 Å². The van der Waals surface area contributed by atoms with Crippen molar-refractivity contribution in [3.8, 4) is 17.6 Å². The Morgan fingerprint density at radius 2 is 1.89 bits per heavy atom. The number of hydrogen-bond acceptors (Lipinski definition) is 5. The molecule has 1 aliphatic carbocycles. The van der Waals surface area contributed by atoms with Crippen molar-refractivity contribution in [1.82, 2.24) is 4.57 Å². The molecule has 198 valence electrons. The molecule has 2 aromatic carbocycles. The lowest BCUT2D eigenvalue weighted by molar-refractivity contribution is -0.140. The summed E-state index contributed by atoms with van der Waals surface area (Å²) in [5, 5.41) is 12.5. The van der Waals surface area contributed by atoms with E-state index in [1.54, 1.807) is 18.2 Å². The second kappa shape index (κ2) is 12.0. The number of halogens is 4. The number of fused-ring (bicyclic) bond motifs is 1. The molecule has 0 aliphatic heterocycles. The highest BCUT2D eigenvalue weighted by atomic mass is 32.2. The van der Waals surface area contributed by atoms with Crippen molar-refractivity contribution in [2.45, 2.75) is 55.8 Å². The second-order valence-corrected chi connectivity index (χ2v) is 9.88. The highest BCUT2D eigenvalue weighted by molar-refractivity contribution is 7.89. The zero-order valence-corrected chi connectivity index (χ0v) is 20.9. The summed E-state index contributed by atoms with van der Waals surface area (Å²) >= 11 is -1.77. The normalized spacial score (nSPS) is 15.2. The molecular formula is C26H28F4N4O2S. The van der Waals surface area contributed by atoms with Gasteiger partial charge in [0.25, 0.3) is 0 Å². The van der Waals surface area contributed by atoms with Gasteiger partial charge in [-0.15, -0.1) is 5.14 Å². The van der Waals surface area contributed by atoms with Gasteiger partial charge in [-0.1, -0.05) is 31.2 Å². The first kappa shape index (κ1) is 27.0. The minimum Gasteiger partial charge on any atom is -0.593 e. The van der Waals surface area contributed by atoms with Crippen molar-refractivity contribution in [3.05, 3.63) is 48.2 Å². The van der Waals surface area contributed by atoms with E-state index in [1.165, 1.54) is 29.2 Å². The maximum absolute atomic E-state index is 13.4. The highest BCUT2D eigenvalue weighted by Gasteiger charge is 2.30. The van der Waals surface area contributed by atoms with Gasteiger partial charge < -0.3 is 24.5 Å². The Labute approximate surface area is 215 Å². The fourth-order valence-corrected chi connectivity index (χ4v) is 4.98. The Hall–Kier alpha value is -3.07. The van der Waals surface area contributed by atoms with Gasteiger partial charge in [-0.05, 0) is 49.1 Å². The Morgan fingerprint density at radius 3 is 2.59 bits per heavy atom. The maximum atomic E-state index is 13.4. The monoisotopic (exact) mass is 536 g/mol. The predicted molar refractivity (Wildman–Crippen MR) is 137 cm³/mol. The Balaban J connectivity index is 1.59. The van der Waals surface area contributed by atoms with Gasteiger partial charge in [0.2, 0.25) is 6.86 Å². The number of nitrogens with two attached hydrogens (primary N) is 1. The molecule has 1 saturated carbocycles. The average Bonchev–Trinajstić information content (AvgIpc) is 3.20. The first-order chi connectivity index (χ1) is 17.7. The molecule has 0 spiro atoms. The Kier molecular flexibility index (Phi) is 8.74. The minimum atomic E-state index is -4.42. The largest absolute Gasteiger partial charge is 0.593 e. The summed E-state index contributed by atoms with van der Waals surface area (Å²) < 4.78 is 70.7. The standard InChI is InChI=1S/C26H28F4N4O2S/c27-17-36-25-15-20(37(31)35)11-12-23(25)32-13-5-8-19-14-21-22(33-18-6-2-1-3-7-18)9-4-10-24(21)34(19)16-26(28,29)30/h4,9-12,14-15,18,32-33H,1-3,6-7,13,16-17,31H2. The van der Waals surface area contributed by atoms with Crippen molar-refractivity contribution in [3.63, 3.8) is 0 Å². The van der Waals surface area contributed by atoms with Gasteiger partial charge in [-0.3, -0.25) is 0 Å². The Morgan fingerprint density at radius 1 is 1.11 bits per heavy atom. The van der Waals surface area contributed by atoms with Crippen LogP contribution in [0.4, 0.5) is 28.9 Å². The van der Waals surface area contributed by atoms with Gasteiger partial charge in [-0.25, -0.2) is 4.39 Å². The van der Waals surface area contributed by atoms with Crippen molar-refractivity contribution in [1.29, 1.82) is 0 Å². The number of aromatic nitrogens is 1. The van der Waals surface area contributed by atoms with Crippen LogP contribution in [0.15, 0.2) is 47.4 Å². The van der Waals surface area contributed by atoms with Gasteiger partial charge in [0.1, 0.15) is 6.54 Å². The van der Waals surface area contributed by atoms with E-state index in [-0.39, 0.29) is 22.9 Å². The van der Waals surface area contributed by atoms with Crippen LogP contribution in [-0.2, 0) is 17.9 Å². The maximum Gasteiger partial charge on any atom is 0.406 e. The van der Waals surface area contributed by atoms with Crippen molar-refractivity contribution < 1.29 is 26.9 Å². The second-order valence-electron chi connectivity index (χ2n) is 8.81. The van der Waals surface area contributed by atoms with E-state index < -0.39 is 30.9 Å². The number of ether oxygens (including phenoxy) is 1. The SMILES string of the molecule is N[S+]([O-])c1ccc(NCC#Cc2cc3c(NC4CCCCC4)cccc3n2CC(F)(F)F)c(OCF)c1. The number of benzene rings is 2. The van der Waals surface area contributed by atoms with E-state index in [0.717, 1.165) is 31.4 Å². The molecule has 37 heavy (non-hydrogen) atoms. The molecular weight excluding hydrogens is 508 g/mol. The van der Waals surface area contributed by atoms with Crippen LogP contribution in [0.3, 0.4) is 0 Å². The molecule has 4 rings (SSSR count). The fraction of sp³-hybridized carbons (Fsp3) is 0.385. The van der Waals surface area contributed by atoms with Crippen LogP contribution in [-0.4, -0.2) is 34.7 Å². The lowest BCUT2D eigenvalue weighted by Gasteiger charge is -2.24. The van der Waals surface area contributed by atoms with E-state index in [2.05, 4.69) is 22.5 Å². The number of nitrogens with zero attached hydrogens (tertiary/aromatic N) is 1. The molecule has 11 heteroatoms. The van der Waals surface area contributed by atoms with Crippen LogP contribution in [0.5, 0.6) is 5.75 Å². The molecule has 1 unspecified atom stereocenters. The lowest BCUT2D eigenvalue weighted by Crippen LogP contribution is -2.22. The van der Waals surface area contributed by atoms with Gasteiger partial charge in [0.15, 0.2) is 10.6 Å². The molecule has 1 fully saturated rings. The topological polar surface area (TPSA) is 87.3 Å². The third-order valence-electron chi connectivity index (χ3n) is 6.23. The highest BCUT2D eigenvalue weighted by Crippen LogP contribution is 2.32. The van der Waals surface area contributed by atoms with E-state index in [1.807, 2.05) is 6.07 Å². The van der Waals surface area contributed by atoms with Crippen molar-refractivity contribution in [2.75, 3.05) is 24.0 Å².